The number of hydrogen-bond acceptors (Lipinski definition) is 3. The summed E-state index contributed by atoms with van der Waals surface area (Å²) in [6.07, 6.45) is 1.75. The summed E-state index contributed by atoms with van der Waals surface area (Å²) >= 11 is 13.4. The lowest BCUT2D eigenvalue weighted by molar-refractivity contribution is 1.37. The molecule has 2 aromatic rings. The molecule has 2 rings (SSSR count). The van der Waals surface area contributed by atoms with Gasteiger partial charge in [0.2, 0.25) is 0 Å². The van der Waals surface area contributed by atoms with E-state index in [-0.39, 0.29) is 0 Å². The number of rotatable bonds is 2. The van der Waals surface area contributed by atoms with E-state index >= 15 is 0 Å². The van der Waals surface area contributed by atoms with Gasteiger partial charge in [0.25, 0.3) is 0 Å². The van der Waals surface area contributed by atoms with E-state index in [1.165, 1.54) is 11.3 Å². The molecule has 1 aromatic heterocycles. The van der Waals surface area contributed by atoms with Gasteiger partial charge in [0, 0.05) is 17.3 Å². The van der Waals surface area contributed by atoms with Crippen molar-refractivity contribution in [3.05, 3.63) is 39.3 Å². The fourth-order valence-electron chi connectivity index (χ4n) is 1.18. The number of anilines is 2. The van der Waals surface area contributed by atoms with E-state index in [9.17, 15) is 0 Å². The van der Waals surface area contributed by atoms with Crippen molar-refractivity contribution in [3.8, 4) is 0 Å². The predicted molar refractivity (Wildman–Crippen MR) is 66.6 cm³/mol. The summed E-state index contributed by atoms with van der Waals surface area (Å²) < 4.78 is 0. The monoisotopic (exact) mass is 258 g/mol. The number of aryl methyl sites for hydroxylation is 1. The number of nitrogens with zero attached hydrogens (tertiary/aromatic N) is 1. The summed E-state index contributed by atoms with van der Waals surface area (Å²) in [5.74, 6) is 0. The van der Waals surface area contributed by atoms with E-state index in [2.05, 4.69) is 10.3 Å². The minimum absolute atomic E-state index is 0.543. The van der Waals surface area contributed by atoms with Crippen LogP contribution in [0.3, 0.4) is 0 Å². The molecule has 0 spiro atoms. The summed E-state index contributed by atoms with van der Waals surface area (Å²) in [4.78, 5) is 4.14. The zero-order chi connectivity index (χ0) is 10.8. The summed E-state index contributed by atoms with van der Waals surface area (Å²) in [5.41, 5.74) is 1.97. The van der Waals surface area contributed by atoms with E-state index < -0.39 is 0 Å². The third-order valence-electron chi connectivity index (χ3n) is 1.94. The standard InChI is InChI=1S/C10H8Cl2N2S/c1-6-4-7(11)8(12)5-9(6)14-10-13-2-3-15-10/h2-5H,1H3,(H,13,14). The molecule has 1 heterocycles. The van der Waals surface area contributed by atoms with Crippen LogP contribution in [0.5, 0.6) is 0 Å². The molecule has 78 valence electrons. The zero-order valence-electron chi connectivity index (χ0n) is 7.92. The molecule has 0 aliphatic heterocycles. The zero-order valence-corrected chi connectivity index (χ0v) is 10.2. The Balaban J connectivity index is 2.33. The Labute approximate surface area is 102 Å². The van der Waals surface area contributed by atoms with E-state index in [1.807, 2.05) is 18.4 Å². The van der Waals surface area contributed by atoms with Crippen molar-refractivity contribution in [2.24, 2.45) is 0 Å². The number of benzene rings is 1. The van der Waals surface area contributed by atoms with Crippen molar-refractivity contribution in [3.63, 3.8) is 0 Å². The maximum Gasteiger partial charge on any atom is 0.187 e. The van der Waals surface area contributed by atoms with Crippen LogP contribution in [-0.2, 0) is 0 Å². The lowest BCUT2D eigenvalue weighted by atomic mass is 10.2. The highest BCUT2D eigenvalue weighted by atomic mass is 35.5. The smallest absolute Gasteiger partial charge is 0.187 e. The highest BCUT2D eigenvalue weighted by Crippen LogP contribution is 2.30. The second kappa shape index (κ2) is 4.39. The van der Waals surface area contributed by atoms with Gasteiger partial charge in [-0.2, -0.15) is 0 Å². The maximum atomic E-state index is 5.94. The van der Waals surface area contributed by atoms with E-state index in [1.54, 1.807) is 12.3 Å². The van der Waals surface area contributed by atoms with Gasteiger partial charge in [-0.1, -0.05) is 23.2 Å². The van der Waals surface area contributed by atoms with Gasteiger partial charge in [0.1, 0.15) is 0 Å². The van der Waals surface area contributed by atoms with Gasteiger partial charge >= 0.3 is 0 Å². The molecular weight excluding hydrogens is 251 g/mol. The Morgan fingerprint density at radius 2 is 2.00 bits per heavy atom. The molecule has 0 bridgehead atoms. The van der Waals surface area contributed by atoms with Gasteiger partial charge in [0.05, 0.1) is 10.0 Å². The van der Waals surface area contributed by atoms with Crippen LogP contribution >= 0.6 is 34.5 Å². The number of thiazole rings is 1. The molecule has 0 saturated heterocycles. The highest BCUT2D eigenvalue weighted by Gasteiger charge is 2.05. The van der Waals surface area contributed by atoms with Crippen LogP contribution in [0.15, 0.2) is 23.7 Å². The number of nitrogens with one attached hydrogen (secondary N) is 1. The largest absolute Gasteiger partial charge is 0.331 e. The van der Waals surface area contributed by atoms with Crippen molar-refractivity contribution in [2.45, 2.75) is 6.92 Å². The van der Waals surface area contributed by atoms with Crippen LogP contribution in [0, 0.1) is 6.92 Å². The third-order valence-corrected chi connectivity index (χ3v) is 3.35. The summed E-state index contributed by atoms with van der Waals surface area (Å²) in [6, 6.07) is 3.64. The summed E-state index contributed by atoms with van der Waals surface area (Å²) in [7, 11) is 0. The topological polar surface area (TPSA) is 24.9 Å². The van der Waals surface area contributed by atoms with Gasteiger partial charge in [0.15, 0.2) is 5.13 Å². The summed E-state index contributed by atoms with van der Waals surface area (Å²) in [5, 5.41) is 7.05. The first-order chi connectivity index (χ1) is 7.16. The maximum absolute atomic E-state index is 5.94. The first kappa shape index (κ1) is 10.7. The molecule has 0 aliphatic rings. The number of aromatic nitrogens is 1. The molecule has 0 saturated carbocycles. The molecular formula is C10H8Cl2N2S. The van der Waals surface area contributed by atoms with Gasteiger partial charge in [-0.05, 0) is 24.6 Å². The lowest BCUT2D eigenvalue weighted by Gasteiger charge is -2.08. The Kier molecular flexibility index (Phi) is 3.14. The molecule has 0 aliphatic carbocycles. The second-order valence-corrected chi connectivity index (χ2v) is 4.75. The van der Waals surface area contributed by atoms with Crippen molar-refractivity contribution in [2.75, 3.05) is 5.32 Å². The third kappa shape index (κ3) is 2.43. The molecule has 0 atom stereocenters. The molecule has 15 heavy (non-hydrogen) atoms. The van der Waals surface area contributed by atoms with Crippen molar-refractivity contribution in [1.29, 1.82) is 0 Å². The van der Waals surface area contributed by atoms with Crippen LogP contribution < -0.4 is 5.32 Å². The molecule has 1 aromatic carbocycles. The molecule has 1 N–H and O–H groups in total. The van der Waals surface area contributed by atoms with Crippen LogP contribution in [0.2, 0.25) is 10.0 Å². The van der Waals surface area contributed by atoms with Gasteiger partial charge in [-0.3, -0.25) is 0 Å². The molecule has 0 amide bonds. The number of hydrogen-bond donors (Lipinski definition) is 1. The summed E-state index contributed by atoms with van der Waals surface area (Å²) in [6.45, 7) is 1.97. The quantitative estimate of drug-likeness (QED) is 0.858. The first-order valence-electron chi connectivity index (χ1n) is 4.29. The normalized spacial score (nSPS) is 10.3. The lowest BCUT2D eigenvalue weighted by Crippen LogP contribution is -1.92. The highest BCUT2D eigenvalue weighted by molar-refractivity contribution is 7.13. The molecule has 2 nitrogen and oxygen atoms in total. The molecule has 0 fully saturated rings. The van der Waals surface area contributed by atoms with Crippen LogP contribution in [0.1, 0.15) is 5.56 Å². The second-order valence-electron chi connectivity index (χ2n) is 3.04. The Bertz CT molecular complexity index is 469. The first-order valence-corrected chi connectivity index (χ1v) is 5.92. The minimum Gasteiger partial charge on any atom is -0.331 e. The fraction of sp³-hybridized carbons (Fsp3) is 0.100. The van der Waals surface area contributed by atoms with E-state index in [0.717, 1.165) is 16.4 Å². The van der Waals surface area contributed by atoms with Crippen LogP contribution in [0.25, 0.3) is 0 Å². The van der Waals surface area contributed by atoms with Crippen molar-refractivity contribution < 1.29 is 0 Å². The average Bonchev–Trinajstić information content (AvgIpc) is 2.67. The predicted octanol–water partition coefficient (Wildman–Crippen LogP) is 4.50. The van der Waals surface area contributed by atoms with E-state index in [0.29, 0.717) is 10.0 Å². The average molecular weight is 259 g/mol. The van der Waals surface area contributed by atoms with Gasteiger partial charge in [-0.25, -0.2) is 4.98 Å². The van der Waals surface area contributed by atoms with Crippen LogP contribution in [-0.4, -0.2) is 4.98 Å². The van der Waals surface area contributed by atoms with Crippen molar-refractivity contribution in [1.82, 2.24) is 4.98 Å². The SMILES string of the molecule is Cc1cc(Cl)c(Cl)cc1Nc1nccs1. The van der Waals surface area contributed by atoms with Crippen LogP contribution in [0.4, 0.5) is 10.8 Å². The van der Waals surface area contributed by atoms with Crippen molar-refractivity contribution >= 4 is 45.4 Å². The van der Waals surface area contributed by atoms with E-state index in [4.69, 9.17) is 23.2 Å². The molecule has 0 unspecified atom stereocenters. The molecule has 5 heteroatoms. The fourth-order valence-corrected chi connectivity index (χ4v) is 2.10. The number of halogens is 2. The Morgan fingerprint density at radius 3 is 2.67 bits per heavy atom. The Morgan fingerprint density at radius 1 is 1.27 bits per heavy atom. The van der Waals surface area contributed by atoms with Gasteiger partial charge in [-0.15, -0.1) is 11.3 Å². The molecule has 0 radical (unpaired) electrons. The Hall–Kier alpha value is -0.770. The minimum atomic E-state index is 0.543. The van der Waals surface area contributed by atoms with Gasteiger partial charge < -0.3 is 5.32 Å².